The highest BCUT2D eigenvalue weighted by atomic mass is 79.9. The quantitative estimate of drug-likeness (QED) is 0.625. The molecule has 0 spiro atoms. The number of alkyl halides is 3. The molecule has 2 rings (SSSR count). The van der Waals surface area contributed by atoms with Gasteiger partial charge < -0.3 is 5.32 Å². The lowest BCUT2D eigenvalue weighted by Gasteiger charge is -2.13. The summed E-state index contributed by atoms with van der Waals surface area (Å²) in [5.41, 5.74) is 1.84. The first-order valence-corrected chi connectivity index (χ1v) is 7.71. The Kier molecular flexibility index (Phi) is 4.99. The van der Waals surface area contributed by atoms with E-state index in [0.717, 1.165) is 27.7 Å². The topological polar surface area (TPSA) is 12.0 Å². The van der Waals surface area contributed by atoms with Crippen LogP contribution in [0.4, 0.5) is 18.9 Å². The van der Waals surface area contributed by atoms with Gasteiger partial charge in [-0.3, -0.25) is 0 Å². The number of halogens is 5. The van der Waals surface area contributed by atoms with E-state index < -0.39 is 11.7 Å². The highest BCUT2D eigenvalue weighted by molar-refractivity contribution is 9.10. The molecular formula is C15H12Br2F3N. The molecule has 0 aliphatic rings. The fourth-order valence-electron chi connectivity index (χ4n) is 1.85. The van der Waals surface area contributed by atoms with Crippen LogP contribution in [0, 0.1) is 6.92 Å². The Morgan fingerprint density at radius 2 is 1.67 bits per heavy atom. The van der Waals surface area contributed by atoms with E-state index in [0.29, 0.717) is 16.7 Å². The van der Waals surface area contributed by atoms with E-state index in [2.05, 4.69) is 37.2 Å². The molecule has 21 heavy (non-hydrogen) atoms. The summed E-state index contributed by atoms with van der Waals surface area (Å²) in [5.74, 6) is 0. The fraction of sp³-hybridized carbons (Fsp3) is 0.200. The summed E-state index contributed by atoms with van der Waals surface area (Å²) in [6.45, 7) is 2.42. The van der Waals surface area contributed by atoms with E-state index in [4.69, 9.17) is 0 Å². The Bertz CT molecular complexity index is 654. The van der Waals surface area contributed by atoms with Gasteiger partial charge >= 0.3 is 6.18 Å². The Labute approximate surface area is 137 Å². The molecule has 0 bridgehead atoms. The number of aryl methyl sites for hydroxylation is 1. The molecule has 0 aliphatic carbocycles. The van der Waals surface area contributed by atoms with Crippen LogP contribution in [0.15, 0.2) is 45.3 Å². The maximum Gasteiger partial charge on any atom is 0.416 e. The molecule has 2 aromatic rings. The Balaban J connectivity index is 2.17. The minimum atomic E-state index is -4.34. The van der Waals surface area contributed by atoms with E-state index in [1.807, 2.05) is 25.1 Å². The number of anilines is 1. The van der Waals surface area contributed by atoms with E-state index in [9.17, 15) is 13.2 Å². The average Bonchev–Trinajstić information content (AvgIpc) is 2.40. The van der Waals surface area contributed by atoms with Crippen LogP contribution in [-0.4, -0.2) is 0 Å². The van der Waals surface area contributed by atoms with Gasteiger partial charge in [-0.25, -0.2) is 0 Å². The van der Waals surface area contributed by atoms with Crippen molar-refractivity contribution in [3.63, 3.8) is 0 Å². The van der Waals surface area contributed by atoms with Crippen LogP contribution in [0.2, 0.25) is 0 Å². The first-order chi connectivity index (χ1) is 9.77. The van der Waals surface area contributed by atoms with Crippen molar-refractivity contribution in [2.75, 3.05) is 5.32 Å². The lowest BCUT2D eigenvalue weighted by molar-refractivity contribution is -0.137. The highest BCUT2D eigenvalue weighted by Gasteiger charge is 2.30. The third-order valence-electron chi connectivity index (χ3n) is 3.00. The van der Waals surface area contributed by atoms with Crippen molar-refractivity contribution >= 4 is 37.5 Å². The largest absolute Gasteiger partial charge is 0.416 e. The van der Waals surface area contributed by atoms with Crippen molar-refractivity contribution in [1.29, 1.82) is 0 Å². The van der Waals surface area contributed by atoms with Crippen LogP contribution in [0.3, 0.4) is 0 Å². The second-order valence-electron chi connectivity index (χ2n) is 4.63. The molecule has 0 aliphatic heterocycles. The molecule has 2 aromatic carbocycles. The Morgan fingerprint density at radius 1 is 1.00 bits per heavy atom. The summed E-state index contributed by atoms with van der Waals surface area (Å²) in [7, 11) is 0. The minimum absolute atomic E-state index is 0.422. The molecule has 0 radical (unpaired) electrons. The molecule has 0 heterocycles. The maximum absolute atomic E-state index is 12.7. The van der Waals surface area contributed by atoms with Crippen LogP contribution in [0.5, 0.6) is 0 Å². The van der Waals surface area contributed by atoms with Gasteiger partial charge in [0.15, 0.2) is 0 Å². The van der Waals surface area contributed by atoms with Gasteiger partial charge in [0.05, 0.1) is 5.56 Å². The van der Waals surface area contributed by atoms with E-state index in [1.165, 1.54) is 6.07 Å². The molecule has 0 amide bonds. The van der Waals surface area contributed by atoms with Crippen LogP contribution >= 0.6 is 31.9 Å². The number of rotatable bonds is 3. The summed E-state index contributed by atoms with van der Waals surface area (Å²) in [5, 5.41) is 3.03. The molecule has 0 saturated carbocycles. The Morgan fingerprint density at radius 3 is 2.29 bits per heavy atom. The summed E-state index contributed by atoms with van der Waals surface area (Å²) < 4.78 is 39.7. The van der Waals surface area contributed by atoms with E-state index >= 15 is 0 Å². The van der Waals surface area contributed by atoms with Crippen molar-refractivity contribution < 1.29 is 13.2 Å². The standard InChI is InChI=1S/C15H12Br2F3N/c1-9-6-10(2-4-12(9)16)8-21-14-7-11(15(18,19)20)3-5-13(14)17/h2-7,21H,8H2,1H3. The molecule has 0 atom stereocenters. The van der Waals surface area contributed by atoms with Crippen molar-refractivity contribution in [3.8, 4) is 0 Å². The first kappa shape index (κ1) is 16.4. The maximum atomic E-state index is 12.7. The molecule has 0 aromatic heterocycles. The lowest BCUT2D eigenvalue weighted by Crippen LogP contribution is -2.07. The second kappa shape index (κ2) is 6.40. The molecule has 0 saturated heterocycles. The van der Waals surface area contributed by atoms with Crippen molar-refractivity contribution in [2.24, 2.45) is 0 Å². The zero-order valence-corrected chi connectivity index (χ0v) is 14.2. The van der Waals surface area contributed by atoms with Gasteiger partial charge in [0, 0.05) is 21.2 Å². The van der Waals surface area contributed by atoms with Gasteiger partial charge in [0.1, 0.15) is 0 Å². The predicted octanol–water partition coefficient (Wildman–Crippen LogP) is 6.15. The number of benzene rings is 2. The molecule has 6 heteroatoms. The SMILES string of the molecule is Cc1cc(CNc2cc(C(F)(F)F)ccc2Br)ccc1Br. The zero-order valence-electron chi connectivity index (χ0n) is 11.1. The highest BCUT2D eigenvalue weighted by Crippen LogP contribution is 2.34. The molecule has 1 N–H and O–H groups in total. The lowest BCUT2D eigenvalue weighted by atomic mass is 10.1. The molecule has 0 unspecified atom stereocenters. The van der Waals surface area contributed by atoms with Crippen LogP contribution < -0.4 is 5.32 Å². The van der Waals surface area contributed by atoms with Crippen LogP contribution in [0.25, 0.3) is 0 Å². The van der Waals surface area contributed by atoms with Crippen LogP contribution in [0.1, 0.15) is 16.7 Å². The monoisotopic (exact) mass is 421 g/mol. The van der Waals surface area contributed by atoms with Crippen LogP contribution in [-0.2, 0) is 12.7 Å². The molecular weight excluding hydrogens is 411 g/mol. The third-order valence-corrected chi connectivity index (χ3v) is 4.58. The normalized spacial score (nSPS) is 11.5. The van der Waals surface area contributed by atoms with Gasteiger partial charge in [-0.05, 0) is 58.2 Å². The van der Waals surface area contributed by atoms with Gasteiger partial charge in [0.2, 0.25) is 0 Å². The number of hydrogen-bond acceptors (Lipinski definition) is 1. The summed E-state index contributed by atoms with van der Waals surface area (Å²) >= 11 is 6.67. The van der Waals surface area contributed by atoms with Gasteiger partial charge in [0.25, 0.3) is 0 Å². The van der Waals surface area contributed by atoms with Crippen molar-refractivity contribution in [1.82, 2.24) is 0 Å². The molecule has 0 fully saturated rings. The molecule has 1 nitrogen and oxygen atoms in total. The Hall–Kier alpha value is -1.01. The summed E-state index contributed by atoms with van der Waals surface area (Å²) in [4.78, 5) is 0. The van der Waals surface area contributed by atoms with Gasteiger partial charge in [-0.2, -0.15) is 13.2 Å². The minimum Gasteiger partial charge on any atom is -0.380 e. The smallest absolute Gasteiger partial charge is 0.380 e. The predicted molar refractivity (Wildman–Crippen MR) is 85.3 cm³/mol. The molecule has 112 valence electrons. The fourth-order valence-corrected chi connectivity index (χ4v) is 2.48. The summed E-state index contributed by atoms with van der Waals surface area (Å²) in [6.07, 6.45) is -4.34. The first-order valence-electron chi connectivity index (χ1n) is 6.13. The number of hydrogen-bond donors (Lipinski definition) is 1. The second-order valence-corrected chi connectivity index (χ2v) is 6.34. The van der Waals surface area contributed by atoms with Gasteiger partial charge in [-0.15, -0.1) is 0 Å². The van der Waals surface area contributed by atoms with E-state index in [-0.39, 0.29) is 0 Å². The third kappa shape index (κ3) is 4.23. The van der Waals surface area contributed by atoms with E-state index in [1.54, 1.807) is 0 Å². The van der Waals surface area contributed by atoms with Crippen molar-refractivity contribution in [3.05, 3.63) is 62.0 Å². The zero-order chi connectivity index (χ0) is 15.6. The summed E-state index contributed by atoms with van der Waals surface area (Å²) in [6, 6.07) is 9.39. The average molecular weight is 423 g/mol. The van der Waals surface area contributed by atoms with Gasteiger partial charge in [-0.1, -0.05) is 28.1 Å². The number of nitrogens with one attached hydrogen (secondary N) is 1. The van der Waals surface area contributed by atoms with Crippen molar-refractivity contribution in [2.45, 2.75) is 19.6 Å².